The van der Waals surface area contributed by atoms with Gasteiger partial charge in [-0.1, -0.05) is 0 Å². The second-order valence-corrected chi connectivity index (χ2v) is 8.76. The quantitative estimate of drug-likeness (QED) is 0.293. The molecule has 2 unspecified atom stereocenters. The molecule has 1 aromatic heterocycles. The van der Waals surface area contributed by atoms with E-state index in [1.807, 2.05) is 27.7 Å². The molecule has 1 aliphatic heterocycles. The monoisotopic (exact) mass is 536 g/mol. The number of rotatable bonds is 6. The Balaban J connectivity index is 0.00000450. The number of aliphatic imine (C=N–C) groups is 1. The Bertz CT molecular complexity index is 671. The SMILES string of the molecule is CCNC(=NCC(C)(O)c1ccco1)NCC1CCCN(C(=O)OC(C)(C)C)C1.I. The first-order chi connectivity index (χ1) is 13.6. The molecule has 30 heavy (non-hydrogen) atoms. The predicted molar refractivity (Wildman–Crippen MR) is 128 cm³/mol. The van der Waals surface area contributed by atoms with Crippen molar-refractivity contribution in [3.8, 4) is 0 Å². The summed E-state index contributed by atoms with van der Waals surface area (Å²) in [4.78, 5) is 18.6. The molecular weight excluding hydrogens is 499 g/mol. The van der Waals surface area contributed by atoms with Gasteiger partial charge in [0.2, 0.25) is 0 Å². The smallest absolute Gasteiger partial charge is 0.410 e. The van der Waals surface area contributed by atoms with Crippen molar-refractivity contribution in [2.24, 2.45) is 10.9 Å². The van der Waals surface area contributed by atoms with Crippen LogP contribution in [0.5, 0.6) is 0 Å². The summed E-state index contributed by atoms with van der Waals surface area (Å²) in [7, 11) is 0. The summed E-state index contributed by atoms with van der Waals surface area (Å²) in [5.74, 6) is 1.43. The van der Waals surface area contributed by atoms with Crippen LogP contribution in [0.4, 0.5) is 4.79 Å². The van der Waals surface area contributed by atoms with Crippen LogP contribution in [0.2, 0.25) is 0 Å². The molecule has 0 aromatic carbocycles. The minimum atomic E-state index is -1.18. The van der Waals surface area contributed by atoms with E-state index >= 15 is 0 Å². The first-order valence-electron chi connectivity index (χ1n) is 10.4. The van der Waals surface area contributed by atoms with Crippen molar-refractivity contribution in [3.63, 3.8) is 0 Å². The topological polar surface area (TPSA) is 99.3 Å². The van der Waals surface area contributed by atoms with Crippen LogP contribution in [0, 0.1) is 5.92 Å². The number of hydrogen-bond acceptors (Lipinski definition) is 5. The fourth-order valence-electron chi connectivity index (χ4n) is 3.20. The predicted octanol–water partition coefficient (Wildman–Crippen LogP) is 3.31. The fourth-order valence-corrected chi connectivity index (χ4v) is 3.20. The van der Waals surface area contributed by atoms with Crippen molar-refractivity contribution in [2.75, 3.05) is 32.7 Å². The van der Waals surface area contributed by atoms with E-state index in [1.54, 1.807) is 24.0 Å². The maximum atomic E-state index is 12.3. The molecule has 1 aliphatic rings. The van der Waals surface area contributed by atoms with Gasteiger partial charge >= 0.3 is 6.09 Å². The molecule has 0 bridgehead atoms. The van der Waals surface area contributed by atoms with Crippen LogP contribution in [0.3, 0.4) is 0 Å². The highest BCUT2D eigenvalue weighted by atomic mass is 127. The number of carbonyl (C=O) groups excluding carboxylic acids is 1. The van der Waals surface area contributed by atoms with Crippen LogP contribution in [-0.4, -0.2) is 60.4 Å². The summed E-state index contributed by atoms with van der Waals surface area (Å²) in [6, 6.07) is 3.49. The van der Waals surface area contributed by atoms with E-state index in [0.29, 0.717) is 37.3 Å². The van der Waals surface area contributed by atoms with Crippen LogP contribution < -0.4 is 10.6 Å². The highest BCUT2D eigenvalue weighted by molar-refractivity contribution is 14.0. The number of furan rings is 1. The van der Waals surface area contributed by atoms with Crippen LogP contribution in [-0.2, 0) is 10.3 Å². The Kier molecular flexibility index (Phi) is 10.4. The number of likely N-dealkylation sites (tertiary alicyclic amines) is 1. The Morgan fingerprint density at radius 1 is 1.37 bits per heavy atom. The number of ether oxygens (including phenoxy) is 1. The lowest BCUT2D eigenvalue weighted by molar-refractivity contribution is 0.0168. The fraction of sp³-hybridized carbons (Fsp3) is 0.714. The van der Waals surface area contributed by atoms with E-state index in [9.17, 15) is 9.90 Å². The molecule has 2 rings (SSSR count). The molecule has 1 saturated heterocycles. The van der Waals surface area contributed by atoms with Crippen molar-refractivity contribution in [1.82, 2.24) is 15.5 Å². The Morgan fingerprint density at radius 3 is 2.70 bits per heavy atom. The van der Waals surface area contributed by atoms with Gasteiger partial charge < -0.3 is 29.8 Å². The lowest BCUT2D eigenvalue weighted by Gasteiger charge is -2.34. The minimum Gasteiger partial charge on any atom is -0.466 e. The Hall–Kier alpha value is -1.49. The number of guanidine groups is 1. The molecule has 2 atom stereocenters. The summed E-state index contributed by atoms with van der Waals surface area (Å²) in [6.45, 7) is 12.3. The molecule has 1 fully saturated rings. The molecule has 0 aliphatic carbocycles. The molecule has 0 radical (unpaired) electrons. The number of piperidine rings is 1. The van der Waals surface area contributed by atoms with Crippen LogP contribution in [0.25, 0.3) is 0 Å². The van der Waals surface area contributed by atoms with E-state index in [2.05, 4.69) is 15.6 Å². The largest absolute Gasteiger partial charge is 0.466 e. The third kappa shape index (κ3) is 8.71. The zero-order valence-corrected chi connectivity index (χ0v) is 21.1. The van der Waals surface area contributed by atoms with Gasteiger partial charge in [0.25, 0.3) is 0 Å². The minimum absolute atomic E-state index is 0. The lowest BCUT2D eigenvalue weighted by atomic mass is 9.98. The highest BCUT2D eigenvalue weighted by Gasteiger charge is 2.28. The van der Waals surface area contributed by atoms with Gasteiger partial charge in [-0.05, 0) is 65.5 Å². The normalized spacial score (nSPS) is 19.5. The number of halogens is 1. The molecular formula is C21H37IN4O4. The van der Waals surface area contributed by atoms with E-state index in [-0.39, 0.29) is 36.6 Å². The number of amides is 1. The molecule has 0 spiro atoms. The molecule has 3 N–H and O–H groups in total. The molecule has 1 aromatic rings. The van der Waals surface area contributed by atoms with Crippen molar-refractivity contribution in [2.45, 2.75) is 58.7 Å². The van der Waals surface area contributed by atoms with E-state index < -0.39 is 11.2 Å². The lowest BCUT2D eigenvalue weighted by Crippen LogP contribution is -2.47. The molecule has 9 heteroatoms. The van der Waals surface area contributed by atoms with Crippen molar-refractivity contribution in [3.05, 3.63) is 24.2 Å². The molecule has 1 amide bonds. The average molecular weight is 536 g/mol. The van der Waals surface area contributed by atoms with Gasteiger partial charge in [0.15, 0.2) is 5.96 Å². The third-order valence-corrected chi connectivity index (χ3v) is 4.67. The second kappa shape index (κ2) is 11.8. The van der Waals surface area contributed by atoms with Crippen LogP contribution >= 0.6 is 24.0 Å². The Morgan fingerprint density at radius 2 is 2.10 bits per heavy atom. The van der Waals surface area contributed by atoms with Crippen molar-refractivity contribution in [1.29, 1.82) is 0 Å². The first kappa shape index (κ1) is 26.5. The van der Waals surface area contributed by atoms with E-state index in [1.165, 1.54) is 6.26 Å². The van der Waals surface area contributed by atoms with Crippen molar-refractivity contribution < 1.29 is 19.1 Å². The number of carbonyl (C=O) groups is 1. The standard InChI is InChI=1S/C21H36N4O4.HI/c1-6-22-18(24-15-21(5,27)17-10-8-12-28-17)23-13-16-9-7-11-25(14-16)19(26)29-20(2,3)4;/h8,10,12,16,27H,6-7,9,11,13-15H2,1-5H3,(H2,22,23,24);1H. The summed E-state index contributed by atoms with van der Waals surface area (Å²) in [5, 5.41) is 17.1. The van der Waals surface area contributed by atoms with Crippen LogP contribution in [0.1, 0.15) is 53.2 Å². The molecule has 0 saturated carbocycles. The summed E-state index contributed by atoms with van der Waals surface area (Å²) < 4.78 is 10.8. The number of aliphatic hydroxyl groups is 1. The zero-order chi connectivity index (χ0) is 21.5. The Labute approximate surface area is 196 Å². The average Bonchev–Trinajstić information content (AvgIpc) is 3.19. The summed E-state index contributed by atoms with van der Waals surface area (Å²) in [6.07, 6.45) is 3.27. The first-order valence-corrected chi connectivity index (χ1v) is 10.4. The molecule has 172 valence electrons. The van der Waals surface area contributed by atoms with Gasteiger partial charge in [0.1, 0.15) is 17.0 Å². The van der Waals surface area contributed by atoms with Gasteiger partial charge in [0, 0.05) is 26.2 Å². The molecule has 8 nitrogen and oxygen atoms in total. The van der Waals surface area contributed by atoms with Crippen molar-refractivity contribution >= 4 is 36.0 Å². The van der Waals surface area contributed by atoms with Gasteiger partial charge in [-0.3, -0.25) is 0 Å². The summed E-state index contributed by atoms with van der Waals surface area (Å²) >= 11 is 0. The third-order valence-electron chi connectivity index (χ3n) is 4.67. The number of hydrogen-bond donors (Lipinski definition) is 3. The van der Waals surface area contributed by atoms with Gasteiger partial charge in [0.05, 0.1) is 12.8 Å². The number of nitrogens with zero attached hydrogens (tertiary/aromatic N) is 2. The maximum Gasteiger partial charge on any atom is 0.410 e. The molecule has 2 heterocycles. The zero-order valence-electron chi connectivity index (χ0n) is 18.7. The number of nitrogens with one attached hydrogen (secondary N) is 2. The highest BCUT2D eigenvalue weighted by Crippen LogP contribution is 2.21. The summed E-state index contributed by atoms with van der Waals surface area (Å²) in [5.41, 5.74) is -1.66. The van der Waals surface area contributed by atoms with E-state index in [4.69, 9.17) is 9.15 Å². The van der Waals surface area contributed by atoms with E-state index in [0.717, 1.165) is 19.4 Å². The maximum absolute atomic E-state index is 12.3. The van der Waals surface area contributed by atoms with Crippen LogP contribution in [0.15, 0.2) is 27.8 Å². The van der Waals surface area contributed by atoms with Gasteiger partial charge in [-0.15, -0.1) is 24.0 Å². The van der Waals surface area contributed by atoms with Gasteiger partial charge in [-0.25, -0.2) is 9.79 Å². The second-order valence-electron chi connectivity index (χ2n) is 8.76. The van der Waals surface area contributed by atoms with Gasteiger partial charge in [-0.2, -0.15) is 0 Å².